The Morgan fingerprint density at radius 1 is 1.07 bits per heavy atom. The molecule has 0 saturated heterocycles. The van der Waals surface area contributed by atoms with E-state index >= 15 is 0 Å². The minimum absolute atomic E-state index is 0.0366. The Balaban J connectivity index is 1.93. The predicted octanol–water partition coefficient (Wildman–Crippen LogP) is 3.76. The van der Waals surface area contributed by atoms with E-state index in [2.05, 4.69) is 15.2 Å². The van der Waals surface area contributed by atoms with Crippen LogP contribution < -0.4 is 9.04 Å². The first-order valence-electron chi connectivity index (χ1n) is 7.99. The summed E-state index contributed by atoms with van der Waals surface area (Å²) in [6.45, 7) is 0. The third-order valence-electron chi connectivity index (χ3n) is 4.01. The van der Waals surface area contributed by atoms with E-state index in [-0.39, 0.29) is 21.5 Å². The van der Waals surface area contributed by atoms with Crippen molar-refractivity contribution in [2.75, 3.05) is 11.4 Å². The monoisotopic (exact) mass is 416 g/mol. The number of halogens is 1. The number of fused-ring (bicyclic) bond motifs is 1. The molecular formula is C18H13FN4O3S2. The van der Waals surface area contributed by atoms with E-state index in [9.17, 15) is 12.8 Å². The molecule has 0 spiro atoms. The summed E-state index contributed by atoms with van der Waals surface area (Å²) >= 11 is 1.14. The first kappa shape index (κ1) is 18.3. The maximum atomic E-state index is 13.7. The number of nitrogens with zero attached hydrogens (tertiary/aromatic N) is 4. The summed E-state index contributed by atoms with van der Waals surface area (Å²) in [6.07, 6.45) is 4.53. The van der Waals surface area contributed by atoms with Crippen LogP contribution >= 0.6 is 11.3 Å². The predicted molar refractivity (Wildman–Crippen MR) is 104 cm³/mol. The average molecular weight is 416 g/mol. The zero-order valence-corrected chi connectivity index (χ0v) is 16.1. The highest BCUT2D eigenvalue weighted by Crippen LogP contribution is 2.39. The van der Waals surface area contributed by atoms with Gasteiger partial charge in [0.15, 0.2) is 0 Å². The quantitative estimate of drug-likeness (QED) is 0.492. The van der Waals surface area contributed by atoms with Crippen LogP contribution in [0.1, 0.15) is 0 Å². The number of anilines is 2. The van der Waals surface area contributed by atoms with Gasteiger partial charge >= 0.3 is 0 Å². The van der Waals surface area contributed by atoms with E-state index in [4.69, 9.17) is 4.74 Å². The second-order valence-corrected chi connectivity index (χ2v) is 8.34. The lowest BCUT2D eigenvalue weighted by Gasteiger charge is -2.23. The Hall–Kier alpha value is -3.11. The van der Waals surface area contributed by atoms with E-state index in [0.717, 1.165) is 27.1 Å². The molecule has 142 valence electrons. The molecule has 4 rings (SSSR count). The lowest BCUT2D eigenvalue weighted by Crippen LogP contribution is -2.26. The summed E-state index contributed by atoms with van der Waals surface area (Å²) < 4.78 is 47.0. The van der Waals surface area contributed by atoms with Crippen molar-refractivity contribution in [3.8, 4) is 5.75 Å². The van der Waals surface area contributed by atoms with Crippen molar-refractivity contribution in [3.05, 3.63) is 66.2 Å². The van der Waals surface area contributed by atoms with Gasteiger partial charge in [-0.3, -0.25) is 0 Å². The number of rotatable bonds is 5. The largest absolute Gasteiger partial charge is 0.494 e. The Morgan fingerprint density at radius 3 is 2.57 bits per heavy atom. The van der Waals surface area contributed by atoms with Gasteiger partial charge in [-0.05, 0) is 24.3 Å². The normalized spacial score (nSPS) is 11.5. The van der Waals surface area contributed by atoms with Crippen molar-refractivity contribution in [1.29, 1.82) is 0 Å². The lowest BCUT2D eigenvalue weighted by molar-refractivity contribution is 0.412. The Morgan fingerprint density at radius 2 is 1.86 bits per heavy atom. The molecule has 0 N–H and O–H groups in total. The summed E-state index contributed by atoms with van der Waals surface area (Å²) in [5.41, 5.74) is 0.159. The molecule has 7 nitrogen and oxygen atoms in total. The van der Waals surface area contributed by atoms with Crippen LogP contribution in [0.4, 0.5) is 15.2 Å². The van der Waals surface area contributed by atoms with Crippen LogP contribution in [-0.2, 0) is 10.0 Å². The topological polar surface area (TPSA) is 85.3 Å². The number of aromatic nitrogens is 3. The molecule has 4 aromatic rings. The average Bonchev–Trinajstić information content (AvgIpc) is 3.22. The molecule has 0 fully saturated rings. The molecule has 0 bridgehead atoms. The van der Waals surface area contributed by atoms with Crippen LogP contribution in [0, 0.1) is 5.82 Å². The zero-order chi connectivity index (χ0) is 19.7. The highest BCUT2D eigenvalue weighted by atomic mass is 32.2. The van der Waals surface area contributed by atoms with Crippen LogP contribution in [0.3, 0.4) is 0 Å². The molecule has 2 aromatic heterocycles. The lowest BCUT2D eigenvalue weighted by atomic mass is 10.2. The van der Waals surface area contributed by atoms with E-state index in [1.54, 1.807) is 17.6 Å². The number of methoxy groups -OCH3 is 1. The molecule has 2 heterocycles. The molecule has 0 saturated carbocycles. The maximum absolute atomic E-state index is 13.7. The Labute approximate surface area is 164 Å². The summed E-state index contributed by atoms with van der Waals surface area (Å²) in [6, 6.07) is 8.29. The van der Waals surface area contributed by atoms with Gasteiger partial charge in [-0.15, -0.1) is 11.3 Å². The minimum Gasteiger partial charge on any atom is -0.494 e. The van der Waals surface area contributed by atoms with Gasteiger partial charge in [-0.2, -0.15) is 10.2 Å². The highest BCUT2D eigenvalue weighted by Gasteiger charge is 2.31. The molecule has 0 radical (unpaired) electrons. The third-order valence-corrected chi connectivity index (χ3v) is 6.58. The van der Waals surface area contributed by atoms with Crippen molar-refractivity contribution >= 4 is 43.0 Å². The standard InChI is InChI=1S/C18H13FN4O3S2/c1-26-17-9-14(19)3-5-16(17)23(18-20-6-7-27-18)28(24,25)15-4-2-12-10-21-22-11-13(12)8-15/h2-11H,1H3. The molecule has 0 aliphatic rings. The first-order chi connectivity index (χ1) is 13.5. The van der Waals surface area contributed by atoms with Crippen LogP contribution in [0.25, 0.3) is 10.8 Å². The van der Waals surface area contributed by atoms with Gasteiger partial charge in [-0.25, -0.2) is 22.1 Å². The fourth-order valence-electron chi connectivity index (χ4n) is 2.71. The van der Waals surface area contributed by atoms with Crippen molar-refractivity contribution < 1.29 is 17.5 Å². The fourth-order valence-corrected chi connectivity index (χ4v) is 5.08. The second-order valence-electron chi connectivity index (χ2n) is 5.68. The van der Waals surface area contributed by atoms with Gasteiger partial charge in [0.1, 0.15) is 17.3 Å². The number of sulfonamides is 1. The van der Waals surface area contributed by atoms with Gasteiger partial charge in [-0.1, -0.05) is 6.07 Å². The number of hydrogen-bond acceptors (Lipinski definition) is 7. The fraction of sp³-hybridized carbons (Fsp3) is 0.0556. The number of hydrogen-bond donors (Lipinski definition) is 0. The molecular weight excluding hydrogens is 403 g/mol. The van der Waals surface area contributed by atoms with Gasteiger partial charge in [0.05, 0.1) is 24.4 Å². The molecule has 0 unspecified atom stereocenters. The van der Waals surface area contributed by atoms with Crippen LogP contribution in [0.5, 0.6) is 5.75 Å². The number of ether oxygens (including phenoxy) is 1. The molecule has 10 heteroatoms. The maximum Gasteiger partial charge on any atom is 0.270 e. The van der Waals surface area contributed by atoms with E-state index in [0.29, 0.717) is 5.39 Å². The second kappa shape index (κ2) is 7.13. The summed E-state index contributed by atoms with van der Waals surface area (Å²) in [5, 5.41) is 10.8. The van der Waals surface area contributed by atoms with Crippen molar-refractivity contribution in [2.24, 2.45) is 0 Å². The van der Waals surface area contributed by atoms with Gasteiger partial charge in [0.25, 0.3) is 10.0 Å². The van der Waals surface area contributed by atoms with Crippen molar-refractivity contribution in [2.45, 2.75) is 4.90 Å². The summed E-state index contributed by atoms with van der Waals surface area (Å²) in [7, 11) is -2.74. The van der Waals surface area contributed by atoms with Gasteiger partial charge in [0.2, 0.25) is 5.13 Å². The minimum atomic E-state index is -4.08. The van der Waals surface area contributed by atoms with Crippen molar-refractivity contribution in [3.63, 3.8) is 0 Å². The van der Waals surface area contributed by atoms with Crippen LogP contribution in [0.2, 0.25) is 0 Å². The molecule has 0 aliphatic carbocycles. The van der Waals surface area contributed by atoms with E-state index in [1.165, 1.54) is 43.8 Å². The Kier molecular flexibility index (Phi) is 4.65. The van der Waals surface area contributed by atoms with E-state index < -0.39 is 15.8 Å². The van der Waals surface area contributed by atoms with Crippen LogP contribution in [-0.4, -0.2) is 30.7 Å². The third kappa shape index (κ3) is 3.16. The smallest absolute Gasteiger partial charge is 0.270 e. The SMILES string of the molecule is COc1cc(F)ccc1N(c1nccs1)S(=O)(=O)c1ccc2cnncc2c1. The zero-order valence-electron chi connectivity index (χ0n) is 14.5. The molecule has 28 heavy (non-hydrogen) atoms. The summed E-state index contributed by atoms with van der Waals surface area (Å²) in [4.78, 5) is 4.18. The molecule has 0 atom stereocenters. The van der Waals surface area contributed by atoms with Gasteiger partial charge in [0, 0.05) is 28.4 Å². The highest BCUT2D eigenvalue weighted by molar-refractivity contribution is 7.93. The van der Waals surface area contributed by atoms with Gasteiger partial charge < -0.3 is 4.74 Å². The molecule has 0 aliphatic heterocycles. The first-order valence-corrected chi connectivity index (χ1v) is 10.3. The van der Waals surface area contributed by atoms with E-state index in [1.807, 2.05) is 0 Å². The van der Waals surface area contributed by atoms with Crippen molar-refractivity contribution in [1.82, 2.24) is 15.2 Å². The number of thiazole rings is 1. The van der Waals surface area contributed by atoms with Crippen LogP contribution in [0.15, 0.2) is 65.3 Å². The molecule has 2 aromatic carbocycles. The Bertz CT molecular complexity index is 1250. The molecule has 0 amide bonds. The summed E-state index contributed by atoms with van der Waals surface area (Å²) in [5.74, 6) is -0.466. The number of benzene rings is 2.